The SMILES string of the molecule is CCOC(=O)c1c(Br)c2c(n1Cc1cccc(C)c1)-c1[nH]c(=O)c(S(=O)(=O)c3ccccc3)cc1CC2. The Morgan fingerprint density at radius 3 is 2.54 bits per heavy atom. The van der Waals surface area contributed by atoms with Gasteiger partial charge < -0.3 is 14.3 Å². The van der Waals surface area contributed by atoms with Crippen LogP contribution in [0.25, 0.3) is 11.4 Å². The van der Waals surface area contributed by atoms with Gasteiger partial charge in [0.15, 0.2) is 0 Å². The molecule has 2 aromatic heterocycles. The van der Waals surface area contributed by atoms with Crippen LogP contribution >= 0.6 is 15.9 Å². The van der Waals surface area contributed by atoms with Gasteiger partial charge in [-0.1, -0.05) is 48.0 Å². The van der Waals surface area contributed by atoms with Gasteiger partial charge in [0, 0.05) is 6.54 Å². The van der Waals surface area contributed by atoms with E-state index in [0.717, 1.165) is 16.7 Å². The van der Waals surface area contributed by atoms with Crippen LogP contribution in [-0.2, 0) is 34.0 Å². The van der Waals surface area contributed by atoms with E-state index in [0.29, 0.717) is 46.5 Å². The van der Waals surface area contributed by atoms with Crippen molar-refractivity contribution < 1.29 is 17.9 Å². The van der Waals surface area contributed by atoms with Gasteiger partial charge in [0.25, 0.3) is 5.56 Å². The zero-order valence-corrected chi connectivity index (χ0v) is 22.8. The van der Waals surface area contributed by atoms with Crippen molar-refractivity contribution in [3.05, 3.63) is 103 Å². The van der Waals surface area contributed by atoms with Crippen molar-refractivity contribution in [2.24, 2.45) is 0 Å². The number of benzene rings is 2. The lowest BCUT2D eigenvalue weighted by Crippen LogP contribution is -2.22. The number of hydrogen-bond donors (Lipinski definition) is 1. The number of sulfone groups is 1. The average Bonchev–Trinajstić information content (AvgIpc) is 3.15. The smallest absolute Gasteiger partial charge is 0.356 e. The molecule has 4 aromatic rings. The number of aryl methyl sites for hydroxylation is 2. The number of carbonyl (C=O) groups excluding carboxylic acids is 1. The van der Waals surface area contributed by atoms with Crippen LogP contribution in [0.1, 0.15) is 39.7 Å². The lowest BCUT2D eigenvalue weighted by Gasteiger charge is -2.21. The highest BCUT2D eigenvalue weighted by molar-refractivity contribution is 9.10. The average molecular weight is 581 g/mol. The Kier molecular flexibility index (Phi) is 6.68. The third-order valence-corrected chi connectivity index (χ3v) is 9.13. The summed E-state index contributed by atoms with van der Waals surface area (Å²) in [6.45, 7) is 4.34. The molecule has 0 saturated heterocycles. The fraction of sp³-hybridized carbons (Fsp3) is 0.214. The minimum absolute atomic E-state index is 0.0621. The summed E-state index contributed by atoms with van der Waals surface area (Å²) in [6.07, 6.45) is 1.07. The van der Waals surface area contributed by atoms with Crippen LogP contribution in [0.2, 0.25) is 0 Å². The summed E-state index contributed by atoms with van der Waals surface area (Å²) in [6, 6.07) is 17.4. The van der Waals surface area contributed by atoms with Crippen molar-refractivity contribution in [3.8, 4) is 11.4 Å². The van der Waals surface area contributed by atoms with E-state index in [2.05, 4.69) is 20.9 Å². The molecule has 2 heterocycles. The Morgan fingerprint density at radius 1 is 1.08 bits per heavy atom. The van der Waals surface area contributed by atoms with Crippen molar-refractivity contribution in [2.45, 2.75) is 43.0 Å². The van der Waals surface area contributed by atoms with E-state index in [1.807, 2.05) is 35.8 Å². The number of halogens is 1. The fourth-order valence-corrected chi connectivity index (χ4v) is 6.97. The molecule has 190 valence electrons. The monoisotopic (exact) mass is 580 g/mol. The molecule has 0 unspecified atom stereocenters. The largest absolute Gasteiger partial charge is 0.461 e. The van der Waals surface area contributed by atoms with Crippen LogP contribution in [0.5, 0.6) is 0 Å². The molecule has 37 heavy (non-hydrogen) atoms. The number of esters is 1. The standard InChI is InChI=1S/C28H25BrN2O5S/c1-3-36-28(33)26-23(29)21-13-12-19-15-22(37(34,35)20-10-5-4-6-11-20)27(32)30-24(19)25(21)31(26)16-18-9-7-8-17(2)14-18/h4-11,14-15H,3,12-13,16H2,1-2H3,(H,30,32). The number of nitrogens with zero attached hydrogens (tertiary/aromatic N) is 1. The fourth-order valence-electron chi connectivity index (χ4n) is 4.85. The summed E-state index contributed by atoms with van der Waals surface area (Å²) in [7, 11) is -4.00. The predicted molar refractivity (Wildman–Crippen MR) is 144 cm³/mol. The second kappa shape index (κ2) is 9.79. The lowest BCUT2D eigenvalue weighted by molar-refractivity contribution is 0.0513. The van der Waals surface area contributed by atoms with Crippen LogP contribution < -0.4 is 5.56 Å². The Labute approximate surface area is 223 Å². The first-order valence-corrected chi connectivity index (χ1v) is 14.2. The third kappa shape index (κ3) is 4.46. The number of aromatic amines is 1. The molecule has 7 nitrogen and oxygen atoms in total. The molecule has 0 aliphatic heterocycles. The number of pyridine rings is 1. The first kappa shape index (κ1) is 25.2. The van der Waals surface area contributed by atoms with E-state index in [1.54, 1.807) is 25.1 Å². The Hall–Kier alpha value is -3.43. The summed E-state index contributed by atoms with van der Waals surface area (Å²) in [5, 5.41) is 0. The van der Waals surface area contributed by atoms with E-state index in [9.17, 15) is 18.0 Å². The zero-order valence-electron chi connectivity index (χ0n) is 20.4. The number of hydrogen-bond acceptors (Lipinski definition) is 5. The zero-order chi connectivity index (χ0) is 26.3. The number of nitrogens with one attached hydrogen (secondary N) is 1. The molecule has 1 aliphatic carbocycles. The van der Waals surface area contributed by atoms with Gasteiger partial charge in [-0.2, -0.15) is 0 Å². The van der Waals surface area contributed by atoms with Gasteiger partial charge in [0.05, 0.1) is 27.4 Å². The molecule has 0 spiro atoms. The highest BCUT2D eigenvalue weighted by atomic mass is 79.9. The molecule has 5 rings (SSSR count). The number of fused-ring (bicyclic) bond motifs is 3. The summed E-state index contributed by atoms with van der Waals surface area (Å²) >= 11 is 3.62. The van der Waals surface area contributed by atoms with Crippen LogP contribution in [0.3, 0.4) is 0 Å². The van der Waals surface area contributed by atoms with Crippen LogP contribution in [0.15, 0.2) is 79.7 Å². The molecule has 1 aliphatic rings. The highest BCUT2D eigenvalue weighted by Gasteiger charge is 2.33. The lowest BCUT2D eigenvalue weighted by atomic mass is 9.94. The van der Waals surface area contributed by atoms with Crippen molar-refractivity contribution in [2.75, 3.05) is 6.61 Å². The van der Waals surface area contributed by atoms with Crippen molar-refractivity contribution in [1.82, 2.24) is 9.55 Å². The minimum atomic E-state index is -4.00. The predicted octanol–water partition coefficient (Wildman–Crippen LogP) is 5.07. The van der Waals surface area contributed by atoms with Gasteiger partial charge in [-0.15, -0.1) is 0 Å². The maximum Gasteiger partial charge on any atom is 0.356 e. The Balaban J connectivity index is 1.72. The van der Waals surface area contributed by atoms with Crippen molar-refractivity contribution >= 4 is 31.7 Å². The highest BCUT2D eigenvalue weighted by Crippen LogP contribution is 2.41. The van der Waals surface area contributed by atoms with E-state index in [1.165, 1.54) is 18.2 Å². The van der Waals surface area contributed by atoms with Crippen LogP contribution in [-0.4, -0.2) is 30.5 Å². The number of ether oxygens (including phenoxy) is 1. The quantitative estimate of drug-likeness (QED) is 0.321. The van der Waals surface area contributed by atoms with E-state index >= 15 is 0 Å². The molecule has 9 heteroatoms. The van der Waals surface area contributed by atoms with Crippen LogP contribution in [0.4, 0.5) is 0 Å². The summed E-state index contributed by atoms with van der Waals surface area (Å²) in [5.41, 5.74) is 4.50. The molecule has 0 radical (unpaired) electrons. The van der Waals surface area contributed by atoms with Gasteiger partial charge in [-0.05, 0) is 77.5 Å². The number of H-pyrrole nitrogens is 1. The normalized spacial score (nSPS) is 12.6. The molecule has 0 fully saturated rings. The maximum atomic E-state index is 13.3. The second-order valence-electron chi connectivity index (χ2n) is 8.96. The first-order chi connectivity index (χ1) is 17.7. The van der Waals surface area contributed by atoms with Gasteiger partial charge in [-0.25, -0.2) is 13.2 Å². The minimum Gasteiger partial charge on any atom is -0.461 e. The van der Waals surface area contributed by atoms with Crippen molar-refractivity contribution in [3.63, 3.8) is 0 Å². The molecule has 2 aromatic carbocycles. The third-order valence-electron chi connectivity index (χ3n) is 6.50. The summed E-state index contributed by atoms with van der Waals surface area (Å²) in [5.74, 6) is -0.469. The molecular formula is C28H25BrN2O5S. The van der Waals surface area contributed by atoms with Gasteiger partial charge in [0.2, 0.25) is 9.84 Å². The molecule has 0 bridgehead atoms. The molecule has 0 amide bonds. The Morgan fingerprint density at radius 2 is 1.84 bits per heavy atom. The topological polar surface area (TPSA) is 98.2 Å². The number of rotatable bonds is 6. The van der Waals surface area contributed by atoms with Crippen molar-refractivity contribution in [1.29, 1.82) is 0 Å². The van der Waals surface area contributed by atoms with Gasteiger partial charge >= 0.3 is 5.97 Å². The maximum absolute atomic E-state index is 13.3. The van der Waals surface area contributed by atoms with E-state index < -0.39 is 21.4 Å². The molecule has 0 atom stereocenters. The molecule has 0 saturated carbocycles. The first-order valence-electron chi connectivity index (χ1n) is 11.9. The van der Waals surface area contributed by atoms with Gasteiger partial charge in [0.1, 0.15) is 10.6 Å². The second-order valence-corrected chi connectivity index (χ2v) is 11.7. The van der Waals surface area contributed by atoms with E-state index in [-0.39, 0.29) is 16.4 Å². The Bertz CT molecular complexity index is 1690. The molecular weight excluding hydrogens is 556 g/mol. The van der Waals surface area contributed by atoms with Crippen LogP contribution in [0, 0.1) is 6.92 Å². The number of aromatic nitrogens is 2. The summed E-state index contributed by atoms with van der Waals surface area (Å²) < 4.78 is 34.4. The van der Waals surface area contributed by atoms with Gasteiger partial charge in [-0.3, -0.25) is 4.79 Å². The van der Waals surface area contributed by atoms with E-state index in [4.69, 9.17) is 4.74 Å². The molecule has 1 N–H and O–H groups in total. The summed E-state index contributed by atoms with van der Waals surface area (Å²) in [4.78, 5) is 28.9. The number of carbonyl (C=O) groups is 1.